The molecule has 1 heterocycles. The molecule has 0 aromatic heterocycles. The van der Waals surface area contributed by atoms with Gasteiger partial charge in [0.1, 0.15) is 6.04 Å². The number of carbonyl (C=O) groups is 2. The number of nitrogens with zero attached hydrogens (tertiary/aromatic N) is 1. The summed E-state index contributed by atoms with van der Waals surface area (Å²) in [5.74, 6) is -0.274. The molecule has 1 saturated heterocycles. The normalized spacial score (nSPS) is 19.5. The molecule has 1 aromatic rings. The van der Waals surface area contributed by atoms with Gasteiger partial charge >= 0.3 is 5.97 Å². The molecule has 0 amide bonds. The van der Waals surface area contributed by atoms with Crippen molar-refractivity contribution < 1.29 is 14.4 Å². The molecule has 114 valence electrons. The Labute approximate surface area is 126 Å². The van der Waals surface area contributed by atoms with Gasteiger partial charge in [-0.1, -0.05) is 23.8 Å². The third-order valence-electron chi connectivity index (χ3n) is 3.62. The Hall–Kier alpha value is -1.68. The highest BCUT2D eigenvalue weighted by molar-refractivity contribution is 6.00. The summed E-state index contributed by atoms with van der Waals surface area (Å²) in [6.45, 7) is 8.00. The van der Waals surface area contributed by atoms with Crippen molar-refractivity contribution in [3.05, 3.63) is 35.4 Å². The number of rotatable bonds is 3. The molecular formula is C17H23NO3. The fourth-order valence-electron chi connectivity index (χ4n) is 2.35. The van der Waals surface area contributed by atoms with Crippen molar-refractivity contribution in [1.82, 2.24) is 5.06 Å². The highest BCUT2D eigenvalue weighted by Crippen LogP contribution is 2.25. The van der Waals surface area contributed by atoms with Crippen LogP contribution in [-0.4, -0.2) is 29.4 Å². The zero-order valence-electron chi connectivity index (χ0n) is 13.2. The summed E-state index contributed by atoms with van der Waals surface area (Å²) >= 11 is 0. The van der Waals surface area contributed by atoms with E-state index in [4.69, 9.17) is 4.84 Å². The van der Waals surface area contributed by atoms with Gasteiger partial charge in [0.2, 0.25) is 0 Å². The molecule has 4 nitrogen and oxygen atoms in total. The van der Waals surface area contributed by atoms with E-state index in [0.717, 1.165) is 18.4 Å². The van der Waals surface area contributed by atoms with E-state index < -0.39 is 5.41 Å². The minimum Gasteiger partial charge on any atom is -0.367 e. The van der Waals surface area contributed by atoms with E-state index in [1.54, 1.807) is 5.06 Å². The SMILES string of the molecule is Cc1cccc(C(=O)[C@H]2CCCN2OC(=O)C(C)(C)C)c1. The molecule has 0 radical (unpaired) electrons. The summed E-state index contributed by atoms with van der Waals surface area (Å²) in [7, 11) is 0. The number of aryl methyl sites for hydroxylation is 1. The number of hydroxylamine groups is 2. The van der Waals surface area contributed by atoms with Crippen LogP contribution in [0.2, 0.25) is 0 Å². The number of carbonyl (C=O) groups excluding carboxylic acids is 2. The van der Waals surface area contributed by atoms with E-state index in [0.29, 0.717) is 12.1 Å². The first-order valence-electron chi connectivity index (χ1n) is 7.39. The number of benzene rings is 1. The maximum absolute atomic E-state index is 12.6. The lowest BCUT2D eigenvalue weighted by atomic mass is 9.98. The third kappa shape index (κ3) is 3.70. The topological polar surface area (TPSA) is 46.6 Å². The largest absolute Gasteiger partial charge is 0.367 e. The van der Waals surface area contributed by atoms with E-state index in [1.807, 2.05) is 52.0 Å². The van der Waals surface area contributed by atoms with E-state index in [-0.39, 0.29) is 17.8 Å². The van der Waals surface area contributed by atoms with Crippen molar-refractivity contribution in [3.63, 3.8) is 0 Å². The molecule has 2 rings (SSSR count). The van der Waals surface area contributed by atoms with Crippen LogP contribution < -0.4 is 0 Å². The van der Waals surface area contributed by atoms with Crippen LogP contribution in [0.1, 0.15) is 49.5 Å². The van der Waals surface area contributed by atoms with Gasteiger partial charge in [-0.25, -0.2) is 4.79 Å². The summed E-state index contributed by atoms with van der Waals surface area (Å²) < 4.78 is 0. The van der Waals surface area contributed by atoms with Crippen LogP contribution in [0.25, 0.3) is 0 Å². The van der Waals surface area contributed by atoms with Crippen LogP contribution in [0.5, 0.6) is 0 Å². The second kappa shape index (κ2) is 5.98. The van der Waals surface area contributed by atoms with Crippen molar-refractivity contribution in [1.29, 1.82) is 0 Å². The van der Waals surface area contributed by atoms with Gasteiger partial charge in [0, 0.05) is 12.1 Å². The van der Waals surface area contributed by atoms with Crippen molar-refractivity contribution in [2.75, 3.05) is 6.54 Å². The predicted molar refractivity (Wildman–Crippen MR) is 80.8 cm³/mol. The van der Waals surface area contributed by atoms with Gasteiger partial charge in [-0.2, -0.15) is 0 Å². The summed E-state index contributed by atoms with van der Waals surface area (Å²) in [5.41, 5.74) is 1.16. The van der Waals surface area contributed by atoms with Crippen LogP contribution >= 0.6 is 0 Å². The van der Waals surface area contributed by atoms with Gasteiger partial charge in [0.25, 0.3) is 0 Å². The summed E-state index contributed by atoms with van der Waals surface area (Å²) in [6, 6.07) is 7.17. The first-order chi connectivity index (χ1) is 9.79. The first kappa shape index (κ1) is 15.7. The lowest BCUT2D eigenvalue weighted by Gasteiger charge is -2.26. The molecule has 0 bridgehead atoms. The Morgan fingerprint density at radius 2 is 2.00 bits per heavy atom. The fourth-order valence-corrected chi connectivity index (χ4v) is 2.35. The molecule has 0 spiro atoms. The highest BCUT2D eigenvalue weighted by Gasteiger charge is 2.36. The molecule has 4 heteroatoms. The minimum atomic E-state index is -0.570. The van der Waals surface area contributed by atoms with Crippen LogP contribution in [-0.2, 0) is 9.63 Å². The Morgan fingerprint density at radius 1 is 1.29 bits per heavy atom. The standard InChI is InChI=1S/C17H23NO3/c1-12-7-5-8-13(11-12)15(19)14-9-6-10-18(14)21-16(20)17(2,3)4/h5,7-8,11,14H,6,9-10H2,1-4H3/t14-/m1/s1. The zero-order chi connectivity index (χ0) is 15.6. The Balaban J connectivity index is 2.11. The van der Waals surface area contributed by atoms with Crippen LogP contribution in [0.4, 0.5) is 0 Å². The fraction of sp³-hybridized carbons (Fsp3) is 0.529. The number of hydrogen-bond acceptors (Lipinski definition) is 4. The Morgan fingerprint density at radius 3 is 2.62 bits per heavy atom. The van der Waals surface area contributed by atoms with E-state index >= 15 is 0 Å². The predicted octanol–water partition coefficient (Wildman–Crippen LogP) is 3.15. The van der Waals surface area contributed by atoms with Gasteiger partial charge < -0.3 is 4.84 Å². The smallest absolute Gasteiger partial charge is 0.330 e. The molecular weight excluding hydrogens is 266 g/mol. The van der Waals surface area contributed by atoms with Gasteiger partial charge in [-0.05, 0) is 46.6 Å². The zero-order valence-corrected chi connectivity index (χ0v) is 13.2. The minimum absolute atomic E-state index is 0.0258. The Kier molecular flexibility index (Phi) is 4.47. The maximum Gasteiger partial charge on any atom is 0.330 e. The molecule has 1 atom stereocenters. The van der Waals surface area contributed by atoms with Crippen LogP contribution in [0.3, 0.4) is 0 Å². The van der Waals surface area contributed by atoms with Crippen LogP contribution in [0, 0.1) is 12.3 Å². The van der Waals surface area contributed by atoms with Crippen molar-refractivity contribution in [3.8, 4) is 0 Å². The molecule has 0 saturated carbocycles. The van der Waals surface area contributed by atoms with Crippen molar-refractivity contribution in [2.24, 2.45) is 5.41 Å². The molecule has 1 aromatic carbocycles. The van der Waals surface area contributed by atoms with E-state index in [2.05, 4.69) is 0 Å². The molecule has 1 fully saturated rings. The van der Waals surface area contributed by atoms with Crippen LogP contribution in [0.15, 0.2) is 24.3 Å². The third-order valence-corrected chi connectivity index (χ3v) is 3.62. The van der Waals surface area contributed by atoms with Gasteiger partial charge in [0.15, 0.2) is 5.78 Å². The maximum atomic E-state index is 12.6. The molecule has 0 unspecified atom stereocenters. The van der Waals surface area contributed by atoms with Gasteiger partial charge in [-0.3, -0.25) is 4.79 Å². The average molecular weight is 289 g/mol. The van der Waals surface area contributed by atoms with E-state index in [1.165, 1.54) is 0 Å². The average Bonchev–Trinajstić information content (AvgIpc) is 2.85. The lowest BCUT2D eigenvalue weighted by molar-refractivity contribution is -0.200. The van der Waals surface area contributed by atoms with E-state index in [9.17, 15) is 9.59 Å². The number of Topliss-reactive ketones (excluding diaryl/α,β-unsaturated/α-hetero) is 1. The van der Waals surface area contributed by atoms with Gasteiger partial charge in [0.05, 0.1) is 5.41 Å². The quantitative estimate of drug-likeness (QED) is 0.802. The molecule has 1 aliphatic rings. The van der Waals surface area contributed by atoms with Crippen molar-refractivity contribution in [2.45, 2.75) is 46.6 Å². The number of ketones is 1. The number of hydrogen-bond donors (Lipinski definition) is 0. The highest BCUT2D eigenvalue weighted by atomic mass is 16.7. The van der Waals surface area contributed by atoms with Crippen molar-refractivity contribution >= 4 is 11.8 Å². The molecule has 0 N–H and O–H groups in total. The monoisotopic (exact) mass is 289 g/mol. The molecule has 21 heavy (non-hydrogen) atoms. The lowest BCUT2D eigenvalue weighted by Crippen LogP contribution is -2.40. The first-order valence-corrected chi connectivity index (χ1v) is 7.39. The molecule has 1 aliphatic heterocycles. The molecule has 0 aliphatic carbocycles. The summed E-state index contributed by atoms with van der Waals surface area (Å²) in [4.78, 5) is 30.0. The summed E-state index contributed by atoms with van der Waals surface area (Å²) in [6.07, 6.45) is 1.59. The Bertz CT molecular complexity index is 545. The second-order valence-corrected chi connectivity index (χ2v) is 6.66. The summed E-state index contributed by atoms with van der Waals surface area (Å²) in [5, 5.41) is 1.55. The second-order valence-electron chi connectivity index (χ2n) is 6.66. The van der Waals surface area contributed by atoms with Gasteiger partial charge in [-0.15, -0.1) is 5.06 Å².